The van der Waals surface area contributed by atoms with Crippen molar-refractivity contribution < 1.29 is 22.4 Å². The summed E-state index contributed by atoms with van der Waals surface area (Å²) in [4.78, 5) is -0.379. The van der Waals surface area contributed by atoms with Crippen molar-refractivity contribution in [3.05, 3.63) is 12.1 Å². The number of hydrogen-bond donors (Lipinski definition) is 2. The number of hydrogen-bond acceptors (Lipinski definition) is 5. The summed E-state index contributed by atoms with van der Waals surface area (Å²) >= 11 is 0. The van der Waals surface area contributed by atoms with Crippen LogP contribution in [-0.4, -0.2) is 27.2 Å². The zero-order valence-corrected chi connectivity index (χ0v) is 9.04. The number of methoxy groups -OCH3 is 2. The molecule has 7 heteroatoms. The van der Waals surface area contributed by atoms with E-state index >= 15 is 0 Å². The smallest absolute Gasteiger partial charge is 0.298 e. The highest BCUT2D eigenvalue weighted by molar-refractivity contribution is 7.86. The molecule has 0 bridgehead atoms. The highest BCUT2D eigenvalue weighted by Gasteiger charge is 2.19. The van der Waals surface area contributed by atoms with Gasteiger partial charge in [-0.1, -0.05) is 0 Å². The monoisotopic (exact) mass is 233 g/mol. The van der Waals surface area contributed by atoms with E-state index in [-0.39, 0.29) is 22.1 Å². The Labute approximate surface area is 87.4 Å². The number of nitrogens with two attached hydrogens (primary N) is 1. The minimum Gasteiger partial charge on any atom is -0.495 e. The highest BCUT2D eigenvalue weighted by atomic mass is 32.2. The van der Waals surface area contributed by atoms with Gasteiger partial charge in [-0.25, -0.2) is 0 Å². The fraction of sp³-hybridized carbons (Fsp3) is 0.250. The number of rotatable bonds is 3. The maximum atomic E-state index is 11.0. The summed E-state index contributed by atoms with van der Waals surface area (Å²) in [6, 6.07) is 2.37. The molecule has 84 valence electrons. The first-order valence-electron chi connectivity index (χ1n) is 3.89. The number of nitrogen functional groups attached to an aromatic ring is 1. The average Bonchev–Trinajstić information content (AvgIpc) is 2.15. The van der Waals surface area contributed by atoms with Crippen LogP contribution < -0.4 is 15.2 Å². The first kappa shape index (κ1) is 11.6. The zero-order chi connectivity index (χ0) is 11.6. The molecule has 0 spiro atoms. The van der Waals surface area contributed by atoms with Crippen LogP contribution in [0.3, 0.4) is 0 Å². The van der Waals surface area contributed by atoms with E-state index in [1.165, 1.54) is 20.3 Å². The van der Waals surface area contributed by atoms with Gasteiger partial charge in [0.25, 0.3) is 10.1 Å². The molecule has 0 radical (unpaired) electrons. The van der Waals surface area contributed by atoms with Crippen LogP contribution in [0.15, 0.2) is 17.0 Å². The second kappa shape index (κ2) is 3.95. The van der Waals surface area contributed by atoms with Crippen molar-refractivity contribution in [1.29, 1.82) is 0 Å². The van der Waals surface area contributed by atoms with E-state index < -0.39 is 10.1 Å². The van der Waals surface area contributed by atoms with Crippen LogP contribution in [0.5, 0.6) is 11.5 Å². The van der Waals surface area contributed by atoms with Gasteiger partial charge >= 0.3 is 0 Å². The Morgan fingerprint density at radius 2 is 1.73 bits per heavy atom. The van der Waals surface area contributed by atoms with Crippen LogP contribution in [0, 0.1) is 0 Å². The predicted octanol–water partition coefficient (Wildman–Crippen LogP) is 0.533. The van der Waals surface area contributed by atoms with E-state index in [9.17, 15) is 8.42 Å². The van der Waals surface area contributed by atoms with Crippen molar-refractivity contribution in [2.45, 2.75) is 4.90 Å². The molecule has 0 aliphatic carbocycles. The second-order valence-electron chi connectivity index (χ2n) is 2.72. The molecule has 0 fully saturated rings. The molecule has 0 amide bonds. The van der Waals surface area contributed by atoms with E-state index in [4.69, 9.17) is 19.8 Å². The molecule has 0 aliphatic heterocycles. The van der Waals surface area contributed by atoms with E-state index in [0.717, 1.165) is 6.07 Å². The number of anilines is 1. The van der Waals surface area contributed by atoms with Gasteiger partial charge in [0.1, 0.15) is 16.4 Å². The summed E-state index contributed by atoms with van der Waals surface area (Å²) < 4.78 is 40.5. The normalized spacial score (nSPS) is 11.1. The molecule has 3 N–H and O–H groups in total. The van der Waals surface area contributed by atoms with Gasteiger partial charge in [0.2, 0.25) is 0 Å². The Morgan fingerprint density at radius 3 is 2.13 bits per heavy atom. The molecule has 0 aromatic heterocycles. The molecular weight excluding hydrogens is 222 g/mol. The third-order valence-electron chi connectivity index (χ3n) is 1.79. The molecule has 6 nitrogen and oxygen atoms in total. The molecule has 0 atom stereocenters. The van der Waals surface area contributed by atoms with Crippen molar-refractivity contribution in [2.24, 2.45) is 0 Å². The van der Waals surface area contributed by atoms with Gasteiger partial charge in [-0.15, -0.1) is 0 Å². The second-order valence-corrected chi connectivity index (χ2v) is 4.11. The molecular formula is C8H11NO5S. The third-order valence-corrected chi connectivity index (χ3v) is 2.67. The van der Waals surface area contributed by atoms with Crippen LogP contribution in [0.2, 0.25) is 0 Å². The minimum absolute atomic E-state index is 0.0317. The molecule has 1 aromatic carbocycles. The lowest BCUT2D eigenvalue weighted by atomic mass is 10.3. The summed E-state index contributed by atoms with van der Waals surface area (Å²) in [6.07, 6.45) is 0. The molecule has 0 unspecified atom stereocenters. The van der Waals surface area contributed by atoms with Crippen molar-refractivity contribution in [2.75, 3.05) is 20.0 Å². The van der Waals surface area contributed by atoms with E-state index in [0.29, 0.717) is 0 Å². The fourth-order valence-corrected chi connectivity index (χ4v) is 1.75. The number of benzene rings is 1. The summed E-state index contributed by atoms with van der Waals surface area (Å²) in [7, 11) is -1.74. The minimum atomic E-state index is -4.36. The third kappa shape index (κ3) is 2.31. The standard InChI is InChI=1S/C8H11NO5S/c1-13-6-4-8(15(10,11)12)7(14-2)3-5(6)9/h3-4H,9H2,1-2H3,(H,10,11,12). The van der Waals surface area contributed by atoms with Crippen LogP contribution in [0.25, 0.3) is 0 Å². The van der Waals surface area contributed by atoms with E-state index in [1.807, 2.05) is 0 Å². The largest absolute Gasteiger partial charge is 0.495 e. The van der Waals surface area contributed by atoms with Crippen LogP contribution in [-0.2, 0) is 10.1 Å². The lowest BCUT2D eigenvalue weighted by Gasteiger charge is -2.10. The van der Waals surface area contributed by atoms with Crippen LogP contribution in [0.4, 0.5) is 5.69 Å². The van der Waals surface area contributed by atoms with Crippen LogP contribution >= 0.6 is 0 Å². The van der Waals surface area contributed by atoms with Crippen molar-refractivity contribution in [3.8, 4) is 11.5 Å². The quantitative estimate of drug-likeness (QED) is 0.583. The van der Waals surface area contributed by atoms with Gasteiger partial charge in [0.15, 0.2) is 0 Å². The van der Waals surface area contributed by atoms with Gasteiger partial charge in [-0.05, 0) is 0 Å². The zero-order valence-electron chi connectivity index (χ0n) is 8.22. The van der Waals surface area contributed by atoms with E-state index in [1.54, 1.807) is 0 Å². The Hall–Kier alpha value is -1.47. The topological polar surface area (TPSA) is 98.9 Å². The van der Waals surface area contributed by atoms with Crippen molar-refractivity contribution in [3.63, 3.8) is 0 Å². The SMILES string of the molecule is COc1cc(S(=O)(=O)O)c(OC)cc1N. The summed E-state index contributed by atoms with van der Waals surface area (Å²) in [5, 5.41) is 0. The molecule has 1 rings (SSSR count). The van der Waals surface area contributed by atoms with Gasteiger partial charge in [-0.2, -0.15) is 8.42 Å². The predicted molar refractivity (Wildman–Crippen MR) is 53.8 cm³/mol. The Balaban J connectivity index is 3.49. The number of ether oxygens (including phenoxy) is 2. The summed E-state index contributed by atoms with van der Waals surface area (Å²) in [5.74, 6) is 0.124. The van der Waals surface area contributed by atoms with Gasteiger partial charge in [-0.3, -0.25) is 4.55 Å². The molecule has 0 saturated heterocycles. The van der Waals surface area contributed by atoms with Crippen molar-refractivity contribution >= 4 is 15.8 Å². The summed E-state index contributed by atoms with van der Waals surface area (Å²) in [6.45, 7) is 0. The lowest BCUT2D eigenvalue weighted by molar-refractivity contribution is 0.389. The lowest BCUT2D eigenvalue weighted by Crippen LogP contribution is -2.03. The van der Waals surface area contributed by atoms with Crippen molar-refractivity contribution in [1.82, 2.24) is 0 Å². The maximum absolute atomic E-state index is 11.0. The van der Waals surface area contributed by atoms with Gasteiger partial charge in [0, 0.05) is 12.1 Å². The Bertz CT molecular complexity index is 468. The molecule has 0 aliphatic rings. The molecule has 15 heavy (non-hydrogen) atoms. The Kier molecular flexibility index (Phi) is 3.06. The molecule has 0 heterocycles. The molecule has 0 saturated carbocycles. The summed E-state index contributed by atoms with van der Waals surface area (Å²) in [5.41, 5.74) is 5.76. The first-order valence-corrected chi connectivity index (χ1v) is 5.33. The Morgan fingerprint density at radius 1 is 1.20 bits per heavy atom. The molecule has 1 aromatic rings. The van der Waals surface area contributed by atoms with Gasteiger partial charge in [0.05, 0.1) is 19.9 Å². The fourth-order valence-electron chi connectivity index (χ4n) is 1.09. The maximum Gasteiger partial charge on any atom is 0.298 e. The highest BCUT2D eigenvalue weighted by Crippen LogP contribution is 2.33. The average molecular weight is 233 g/mol. The van der Waals surface area contributed by atoms with E-state index in [2.05, 4.69) is 0 Å². The first-order chi connectivity index (χ1) is 6.90. The van der Waals surface area contributed by atoms with Gasteiger partial charge < -0.3 is 15.2 Å². The van der Waals surface area contributed by atoms with Crippen LogP contribution in [0.1, 0.15) is 0 Å².